The van der Waals surface area contributed by atoms with Gasteiger partial charge in [-0.05, 0) is 0 Å². The lowest BCUT2D eigenvalue weighted by atomic mass is 10.1. The number of Topliss-reactive ketones (excluding diaryl/α,β-unsaturated/α-hetero) is 2. The van der Waals surface area contributed by atoms with Gasteiger partial charge < -0.3 is 33.2 Å². The van der Waals surface area contributed by atoms with Gasteiger partial charge in [0.25, 0.3) is 11.6 Å². The van der Waals surface area contributed by atoms with E-state index in [0.717, 1.165) is 0 Å². The van der Waals surface area contributed by atoms with Gasteiger partial charge in [0, 0.05) is 11.1 Å². The van der Waals surface area contributed by atoms with Crippen LogP contribution in [-0.4, -0.2) is 103 Å². The highest BCUT2D eigenvalue weighted by Gasteiger charge is 2.18. The van der Waals surface area contributed by atoms with Crippen molar-refractivity contribution in [3.63, 3.8) is 0 Å². The zero-order valence-electron chi connectivity index (χ0n) is 21.7. The summed E-state index contributed by atoms with van der Waals surface area (Å²) < 4.78 is 36.5. The van der Waals surface area contributed by atoms with E-state index in [0.29, 0.717) is 52.9 Å². The van der Waals surface area contributed by atoms with Crippen molar-refractivity contribution in [1.29, 1.82) is 0 Å². The quantitative estimate of drug-likeness (QED) is 0.0928. The molecule has 39 heavy (non-hydrogen) atoms. The average Bonchev–Trinajstić information content (AvgIpc) is 2.98. The molecule has 2 aromatic rings. The molecule has 0 N–H and O–H groups in total. The summed E-state index contributed by atoms with van der Waals surface area (Å²) in [5, 5.41) is 0. The fourth-order valence-electron chi connectivity index (χ4n) is 2.91. The molecule has 0 bridgehead atoms. The van der Waals surface area contributed by atoms with Crippen molar-refractivity contribution in [3.05, 3.63) is 71.8 Å². The Bertz CT molecular complexity index is 900. The second-order valence-corrected chi connectivity index (χ2v) is 7.72. The van der Waals surface area contributed by atoms with Crippen LogP contribution in [0.15, 0.2) is 60.7 Å². The number of hydrogen-bond donors (Lipinski definition) is 0. The topological polar surface area (TPSA) is 133 Å². The smallest absolute Gasteiger partial charge is 0.379 e. The molecule has 0 heterocycles. The van der Waals surface area contributed by atoms with Crippen LogP contribution in [-0.2, 0) is 42.7 Å². The van der Waals surface area contributed by atoms with Crippen LogP contribution in [0, 0.1) is 0 Å². The molecular weight excluding hydrogens is 512 g/mol. The third-order valence-corrected chi connectivity index (χ3v) is 4.85. The van der Waals surface area contributed by atoms with Crippen molar-refractivity contribution in [2.24, 2.45) is 0 Å². The lowest BCUT2D eigenvalue weighted by molar-refractivity contribution is -0.140. The van der Waals surface area contributed by atoms with Crippen LogP contribution in [0.25, 0.3) is 0 Å². The molecule has 0 radical (unpaired) electrons. The standard InChI is InChI=1S/C28H34O11/c29-25(23-7-3-1-4-8-23)27(31)38-21-19-36-17-15-34-13-11-33-12-14-35-16-18-37-20-22-39-28(32)26(30)24-9-5-2-6-10-24/h1-10H,11-22H2. The molecule has 0 fully saturated rings. The molecule has 0 spiro atoms. The second-order valence-electron chi connectivity index (χ2n) is 7.72. The van der Waals surface area contributed by atoms with Gasteiger partial charge in [-0.3, -0.25) is 9.59 Å². The summed E-state index contributed by atoms with van der Waals surface area (Å²) in [4.78, 5) is 47.1. The van der Waals surface area contributed by atoms with Gasteiger partial charge in [-0.1, -0.05) is 60.7 Å². The fourth-order valence-corrected chi connectivity index (χ4v) is 2.91. The molecule has 0 aliphatic rings. The summed E-state index contributed by atoms with van der Waals surface area (Å²) >= 11 is 0. The Morgan fingerprint density at radius 1 is 0.385 bits per heavy atom. The summed E-state index contributed by atoms with van der Waals surface area (Å²) in [7, 11) is 0. The molecular formula is C28H34O11. The van der Waals surface area contributed by atoms with Crippen molar-refractivity contribution < 1.29 is 52.3 Å². The van der Waals surface area contributed by atoms with Crippen LogP contribution in [0.1, 0.15) is 20.7 Å². The van der Waals surface area contributed by atoms with Crippen LogP contribution in [0.3, 0.4) is 0 Å². The first-order valence-electron chi connectivity index (χ1n) is 12.5. The number of rotatable bonds is 22. The number of hydrogen-bond acceptors (Lipinski definition) is 11. The van der Waals surface area contributed by atoms with Crippen molar-refractivity contribution in [1.82, 2.24) is 0 Å². The van der Waals surface area contributed by atoms with Crippen LogP contribution >= 0.6 is 0 Å². The second kappa shape index (κ2) is 20.5. The Hall–Kier alpha value is -3.48. The van der Waals surface area contributed by atoms with Crippen molar-refractivity contribution in [2.45, 2.75) is 0 Å². The third kappa shape index (κ3) is 14.3. The molecule has 212 valence electrons. The maximum Gasteiger partial charge on any atom is 0.379 e. The van der Waals surface area contributed by atoms with Gasteiger partial charge in [0.15, 0.2) is 0 Å². The van der Waals surface area contributed by atoms with Crippen molar-refractivity contribution in [2.75, 3.05) is 79.3 Å². The molecule has 0 saturated carbocycles. The van der Waals surface area contributed by atoms with Gasteiger partial charge in [-0.2, -0.15) is 0 Å². The largest absolute Gasteiger partial charge is 0.457 e. The van der Waals surface area contributed by atoms with Gasteiger partial charge in [0.1, 0.15) is 13.2 Å². The van der Waals surface area contributed by atoms with Crippen LogP contribution in [0.5, 0.6) is 0 Å². The number of ether oxygens (including phenoxy) is 7. The molecule has 2 rings (SSSR count). The normalized spacial score (nSPS) is 10.7. The van der Waals surface area contributed by atoms with Gasteiger partial charge in [0.2, 0.25) is 0 Å². The molecule has 0 atom stereocenters. The molecule has 0 saturated heterocycles. The average molecular weight is 547 g/mol. The lowest BCUT2D eigenvalue weighted by Crippen LogP contribution is -2.20. The highest BCUT2D eigenvalue weighted by atomic mass is 16.6. The maximum absolute atomic E-state index is 11.8. The van der Waals surface area contributed by atoms with E-state index in [9.17, 15) is 19.2 Å². The molecule has 0 unspecified atom stereocenters. The lowest BCUT2D eigenvalue weighted by Gasteiger charge is -2.08. The molecule has 0 aromatic heterocycles. The first-order chi connectivity index (χ1) is 19.1. The summed E-state index contributed by atoms with van der Waals surface area (Å²) in [5.41, 5.74) is 0.568. The van der Waals surface area contributed by atoms with Crippen molar-refractivity contribution >= 4 is 23.5 Å². The number of carbonyl (C=O) groups excluding carboxylic acids is 4. The molecule has 11 heteroatoms. The molecule has 0 aliphatic heterocycles. The Morgan fingerprint density at radius 2 is 0.641 bits per heavy atom. The Morgan fingerprint density at radius 3 is 0.923 bits per heavy atom. The van der Waals surface area contributed by atoms with E-state index < -0.39 is 23.5 Å². The third-order valence-electron chi connectivity index (χ3n) is 4.85. The van der Waals surface area contributed by atoms with E-state index in [4.69, 9.17) is 33.2 Å². The van der Waals surface area contributed by atoms with E-state index >= 15 is 0 Å². The first-order valence-corrected chi connectivity index (χ1v) is 12.5. The SMILES string of the molecule is O=C(OCCOCCOCCOCCOCCOCCOC(=O)C(=O)c1ccccc1)C(=O)c1ccccc1. The number of carbonyl (C=O) groups is 4. The van der Waals surface area contributed by atoms with Crippen LogP contribution in [0.4, 0.5) is 0 Å². The predicted octanol–water partition coefficient (Wildman–Crippen LogP) is 1.92. The number of esters is 2. The summed E-state index contributed by atoms with van der Waals surface area (Å²) in [5.74, 6) is -3.20. The molecule has 11 nitrogen and oxygen atoms in total. The van der Waals surface area contributed by atoms with Gasteiger partial charge >= 0.3 is 11.9 Å². The first kappa shape index (κ1) is 31.7. The highest BCUT2D eigenvalue weighted by molar-refractivity contribution is 6.41. The zero-order valence-corrected chi connectivity index (χ0v) is 21.7. The Kier molecular flexibility index (Phi) is 16.7. The summed E-state index contributed by atoms with van der Waals surface area (Å²) in [6.45, 7) is 3.18. The minimum atomic E-state index is -0.911. The van der Waals surface area contributed by atoms with Crippen LogP contribution in [0.2, 0.25) is 0 Å². The molecule has 0 amide bonds. The molecule has 2 aromatic carbocycles. The van der Waals surface area contributed by atoms with Crippen LogP contribution < -0.4 is 0 Å². The Balaban J connectivity index is 1.28. The predicted molar refractivity (Wildman–Crippen MR) is 138 cm³/mol. The van der Waals surface area contributed by atoms with E-state index in [1.54, 1.807) is 60.7 Å². The summed E-state index contributed by atoms with van der Waals surface area (Å²) in [6.07, 6.45) is 0. The van der Waals surface area contributed by atoms with E-state index in [1.807, 2.05) is 0 Å². The highest BCUT2D eigenvalue weighted by Crippen LogP contribution is 2.02. The van der Waals surface area contributed by atoms with Gasteiger partial charge in [-0.25, -0.2) is 9.59 Å². The van der Waals surface area contributed by atoms with E-state index in [1.165, 1.54) is 0 Å². The minimum Gasteiger partial charge on any atom is -0.457 e. The fraction of sp³-hybridized carbons (Fsp3) is 0.429. The maximum atomic E-state index is 11.8. The van der Waals surface area contributed by atoms with E-state index in [-0.39, 0.29) is 37.6 Å². The zero-order chi connectivity index (χ0) is 28.0. The Labute approximate surface area is 227 Å². The van der Waals surface area contributed by atoms with Gasteiger partial charge in [-0.15, -0.1) is 0 Å². The minimum absolute atomic E-state index is 0.0191. The number of ketones is 2. The number of benzene rings is 2. The monoisotopic (exact) mass is 546 g/mol. The summed E-state index contributed by atoms with van der Waals surface area (Å²) in [6, 6.07) is 16.4. The van der Waals surface area contributed by atoms with Gasteiger partial charge in [0.05, 0.1) is 66.1 Å². The van der Waals surface area contributed by atoms with E-state index in [2.05, 4.69) is 0 Å². The molecule has 0 aliphatic carbocycles. The van der Waals surface area contributed by atoms with Crippen molar-refractivity contribution in [3.8, 4) is 0 Å².